The number of halogens is 1. The number of rotatable bonds is 4. The second-order valence-electron chi connectivity index (χ2n) is 4.17. The van der Waals surface area contributed by atoms with Crippen LogP contribution in [0.15, 0.2) is 23.7 Å². The Balaban J connectivity index is 2.26. The van der Waals surface area contributed by atoms with Crippen molar-refractivity contribution >= 4 is 23.0 Å². The fraction of sp³-hybridized carbons (Fsp3) is 0.231. The summed E-state index contributed by atoms with van der Waals surface area (Å²) in [6.07, 6.45) is 0. The lowest BCUT2D eigenvalue weighted by molar-refractivity contribution is 0.0697. The molecular weight excluding hydrogens is 267 g/mol. The van der Waals surface area contributed by atoms with Gasteiger partial charge in [0, 0.05) is 4.88 Å². The molecular formula is C13H13FN2O2S. The van der Waals surface area contributed by atoms with E-state index >= 15 is 0 Å². The van der Waals surface area contributed by atoms with E-state index in [1.165, 1.54) is 23.5 Å². The van der Waals surface area contributed by atoms with E-state index in [1.807, 2.05) is 13.8 Å². The van der Waals surface area contributed by atoms with Gasteiger partial charge in [-0.3, -0.25) is 0 Å². The highest BCUT2D eigenvalue weighted by Gasteiger charge is 2.14. The molecule has 0 aliphatic carbocycles. The minimum absolute atomic E-state index is 0.0529. The number of anilines is 1. The summed E-state index contributed by atoms with van der Waals surface area (Å²) in [5.41, 5.74) is 2.85. The molecule has 0 saturated heterocycles. The average molecular weight is 280 g/mol. The van der Waals surface area contributed by atoms with Crippen molar-refractivity contribution in [3.05, 3.63) is 45.7 Å². The molecule has 1 aromatic heterocycles. The van der Waals surface area contributed by atoms with Gasteiger partial charge in [-0.25, -0.2) is 14.2 Å². The summed E-state index contributed by atoms with van der Waals surface area (Å²) in [6.45, 7) is 3.77. The number of nitrogens with zero attached hydrogens (tertiary/aromatic N) is 1. The molecule has 2 aromatic rings. The molecule has 4 nitrogen and oxygen atoms in total. The van der Waals surface area contributed by atoms with Gasteiger partial charge in [-0.1, -0.05) is 0 Å². The molecule has 0 saturated carbocycles. The van der Waals surface area contributed by atoms with E-state index in [2.05, 4.69) is 10.3 Å². The van der Waals surface area contributed by atoms with Gasteiger partial charge in [-0.15, -0.1) is 11.3 Å². The molecule has 0 aliphatic heterocycles. The first kappa shape index (κ1) is 13.5. The molecule has 6 heteroatoms. The van der Waals surface area contributed by atoms with Gasteiger partial charge in [0.15, 0.2) is 0 Å². The topological polar surface area (TPSA) is 62.2 Å². The van der Waals surface area contributed by atoms with Crippen molar-refractivity contribution in [2.75, 3.05) is 5.32 Å². The van der Waals surface area contributed by atoms with Crippen molar-refractivity contribution in [2.45, 2.75) is 19.9 Å². The molecule has 0 fully saturated rings. The zero-order valence-electron chi connectivity index (χ0n) is 10.5. The van der Waals surface area contributed by atoms with Crippen molar-refractivity contribution in [1.29, 1.82) is 0 Å². The molecule has 1 atom stereocenters. The number of aryl methyl sites for hydroxylation is 1. The number of carbonyl (C=O) groups is 1. The lowest BCUT2D eigenvalue weighted by Gasteiger charge is -2.15. The summed E-state index contributed by atoms with van der Waals surface area (Å²) in [5, 5.41) is 11.9. The summed E-state index contributed by atoms with van der Waals surface area (Å²) < 4.78 is 13.7. The number of hydrogen-bond donors (Lipinski definition) is 2. The van der Waals surface area contributed by atoms with Gasteiger partial charge in [0.25, 0.3) is 0 Å². The van der Waals surface area contributed by atoms with Gasteiger partial charge in [0.2, 0.25) is 0 Å². The highest BCUT2D eigenvalue weighted by atomic mass is 32.1. The van der Waals surface area contributed by atoms with Crippen LogP contribution in [0.3, 0.4) is 0 Å². The third kappa shape index (κ3) is 2.90. The number of nitrogens with one attached hydrogen (secondary N) is 1. The van der Waals surface area contributed by atoms with Crippen LogP contribution in [-0.2, 0) is 0 Å². The van der Waals surface area contributed by atoms with Crippen molar-refractivity contribution in [2.24, 2.45) is 0 Å². The maximum absolute atomic E-state index is 13.7. The van der Waals surface area contributed by atoms with E-state index < -0.39 is 11.8 Å². The Morgan fingerprint density at radius 2 is 2.26 bits per heavy atom. The fourth-order valence-corrected chi connectivity index (χ4v) is 2.60. The monoisotopic (exact) mass is 280 g/mol. The Kier molecular flexibility index (Phi) is 3.80. The first-order valence-corrected chi connectivity index (χ1v) is 6.56. The average Bonchev–Trinajstić information content (AvgIpc) is 2.78. The molecule has 2 rings (SSSR count). The van der Waals surface area contributed by atoms with Crippen molar-refractivity contribution in [3.63, 3.8) is 0 Å². The van der Waals surface area contributed by atoms with Gasteiger partial charge in [0.1, 0.15) is 5.82 Å². The van der Waals surface area contributed by atoms with E-state index in [0.717, 1.165) is 16.6 Å². The Labute approximate surface area is 113 Å². The Morgan fingerprint density at radius 1 is 1.53 bits per heavy atom. The van der Waals surface area contributed by atoms with E-state index in [0.29, 0.717) is 0 Å². The smallest absolute Gasteiger partial charge is 0.335 e. The Morgan fingerprint density at radius 3 is 2.84 bits per heavy atom. The van der Waals surface area contributed by atoms with E-state index in [-0.39, 0.29) is 17.3 Å². The van der Waals surface area contributed by atoms with Crippen molar-refractivity contribution in [1.82, 2.24) is 4.98 Å². The van der Waals surface area contributed by atoms with Crippen LogP contribution in [0.4, 0.5) is 10.1 Å². The SMILES string of the molecule is Cc1ncsc1C(C)Nc1cc(C(=O)O)ccc1F. The van der Waals surface area contributed by atoms with Crippen molar-refractivity contribution in [3.8, 4) is 0 Å². The van der Waals surface area contributed by atoms with Crippen LogP contribution in [-0.4, -0.2) is 16.1 Å². The van der Waals surface area contributed by atoms with Crippen LogP contribution in [0.2, 0.25) is 0 Å². The minimum atomic E-state index is -1.08. The first-order valence-electron chi connectivity index (χ1n) is 5.68. The van der Waals surface area contributed by atoms with E-state index in [1.54, 1.807) is 5.51 Å². The number of benzene rings is 1. The van der Waals surface area contributed by atoms with Crippen molar-refractivity contribution < 1.29 is 14.3 Å². The number of carboxylic acids is 1. The second kappa shape index (κ2) is 5.36. The number of hydrogen-bond acceptors (Lipinski definition) is 4. The quantitative estimate of drug-likeness (QED) is 0.900. The van der Waals surface area contributed by atoms with Gasteiger partial charge >= 0.3 is 5.97 Å². The van der Waals surface area contributed by atoms with E-state index in [9.17, 15) is 9.18 Å². The number of thiazole rings is 1. The molecule has 1 unspecified atom stereocenters. The molecule has 0 amide bonds. The predicted octanol–water partition coefficient (Wildman–Crippen LogP) is 3.46. The maximum atomic E-state index is 13.7. The summed E-state index contributed by atoms with van der Waals surface area (Å²) >= 11 is 1.48. The zero-order valence-corrected chi connectivity index (χ0v) is 11.3. The summed E-state index contributed by atoms with van der Waals surface area (Å²) in [4.78, 5) is 16.0. The fourth-order valence-electron chi connectivity index (χ4n) is 1.79. The lowest BCUT2D eigenvalue weighted by Crippen LogP contribution is -2.09. The third-order valence-electron chi connectivity index (χ3n) is 2.76. The summed E-state index contributed by atoms with van der Waals surface area (Å²) in [6, 6.07) is 3.56. The van der Waals surface area contributed by atoms with Gasteiger partial charge < -0.3 is 10.4 Å². The van der Waals surface area contributed by atoms with E-state index in [4.69, 9.17) is 5.11 Å². The van der Waals surface area contributed by atoms with Crippen LogP contribution >= 0.6 is 11.3 Å². The Hall–Kier alpha value is -1.95. The lowest BCUT2D eigenvalue weighted by atomic mass is 10.1. The third-order valence-corrected chi connectivity index (χ3v) is 3.87. The largest absolute Gasteiger partial charge is 0.478 e. The molecule has 100 valence electrons. The number of aromatic nitrogens is 1. The molecule has 1 heterocycles. The molecule has 1 aromatic carbocycles. The molecule has 2 N–H and O–H groups in total. The number of carboxylic acid groups (broad SMARTS) is 1. The molecule has 0 spiro atoms. The number of aromatic carboxylic acids is 1. The normalized spacial score (nSPS) is 12.2. The van der Waals surface area contributed by atoms with Crippen LogP contribution in [0.1, 0.15) is 33.9 Å². The highest BCUT2D eigenvalue weighted by Crippen LogP contribution is 2.27. The molecule has 0 radical (unpaired) electrons. The van der Waals surface area contributed by atoms with Crippen LogP contribution in [0.25, 0.3) is 0 Å². The standard InChI is InChI=1S/C13H13FN2O2S/c1-7-12(19-6-15-7)8(2)16-11-5-9(13(17)18)3-4-10(11)14/h3-6,8,16H,1-2H3,(H,17,18). The summed E-state index contributed by atoms with van der Waals surface area (Å²) in [7, 11) is 0. The summed E-state index contributed by atoms with van der Waals surface area (Å²) in [5.74, 6) is -1.55. The molecule has 0 bridgehead atoms. The Bertz CT molecular complexity index is 612. The van der Waals surface area contributed by atoms with Gasteiger partial charge in [0.05, 0.1) is 28.5 Å². The van der Waals surface area contributed by atoms with Gasteiger partial charge in [-0.2, -0.15) is 0 Å². The van der Waals surface area contributed by atoms with Crippen LogP contribution in [0.5, 0.6) is 0 Å². The minimum Gasteiger partial charge on any atom is -0.478 e. The highest BCUT2D eigenvalue weighted by molar-refractivity contribution is 7.09. The zero-order chi connectivity index (χ0) is 14.0. The molecule has 0 aliphatic rings. The second-order valence-corrected chi connectivity index (χ2v) is 5.05. The van der Waals surface area contributed by atoms with Gasteiger partial charge in [-0.05, 0) is 32.0 Å². The van der Waals surface area contributed by atoms with Crippen LogP contribution < -0.4 is 5.32 Å². The maximum Gasteiger partial charge on any atom is 0.335 e. The first-order chi connectivity index (χ1) is 8.99. The molecule has 19 heavy (non-hydrogen) atoms. The van der Waals surface area contributed by atoms with Crippen LogP contribution in [0, 0.1) is 12.7 Å². The predicted molar refractivity (Wildman–Crippen MR) is 72.2 cm³/mol.